The zero-order valence-electron chi connectivity index (χ0n) is 28.6. The molecule has 0 atom stereocenters. The fourth-order valence-electron chi connectivity index (χ4n) is 7.71. The van der Waals surface area contributed by atoms with Gasteiger partial charge in [0.15, 0.2) is 0 Å². The molecule has 0 aliphatic carbocycles. The summed E-state index contributed by atoms with van der Waals surface area (Å²) in [5.41, 5.74) is 12.6. The summed E-state index contributed by atoms with van der Waals surface area (Å²) in [5, 5.41) is 14.3. The largest absolute Gasteiger partial charge is 0.507 e. The van der Waals surface area contributed by atoms with Gasteiger partial charge in [-0.1, -0.05) is 121 Å². The van der Waals surface area contributed by atoms with Crippen LogP contribution in [0.3, 0.4) is 0 Å². The molecule has 7 aromatic carbocycles. The topological polar surface area (TPSA) is 55.9 Å². The summed E-state index contributed by atoms with van der Waals surface area (Å²) in [7, 11) is 0. The van der Waals surface area contributed by atoms with Crippen LogP contribution in [0.5, 0.6) is 5.75 Å². The van der Waals surface area contributed by atoms with E-state index in [4.69, 9.17) is 4.98 Å². The summed E-state index contributed by atoms with van der Waals surface area (Å²) < 4.78 is 4.43. The second kappa shape index (κ2) is 12.5. The molecule has 5 nitrogen and oxygen atoms in total. The highest BCUT2D eigenvalue weighted by atomic mass is 16.3. The predicted molar refractivity (Wildman–Crippen MR) is 217 cm³/mol. The second-order valence-electron chi connectivity index (χ2n) is 13.2. The number of benzene rings is 7. The first-order valence-corrected chi connectivity index (χ1v) is 17.7. The first-order chi connectivity index (χ1) is 26.2. The van der Waals surface area contributed by atoms with E-state index in [1.54, 1.807) is 0 Å². The summed E-state index contributed by atoms with van der Waals surface area (Å²) in [5.74, 6) is 0.817. The van der Waals surface area contributed by atoms with Crippen LogP contribution in [-0.2, 0) is 0 Å². The third-order valence-electron chi connectivity index (χ3n) is 10.1. The molecular weight excluding hydrogens is 649 g/mol. The molecular formula is C48H32N4O. The van der Waals surface area contributed by atoms with E-state index in [2.05, 4.69) is 148 Å². The number of fused-ring (bicyclic) bond motifs is 4. The lowest BCUT2D eigenvalue weighted by atomic mass is 10.00. The predicted octanol–water partition coefficient (Wildman–Crippen LogP) is 11.9. The minimum atomic E-state index is 0.157. The van der Waals surface area contributed by atoms with Crippen molar-refractivity contribution >= 4 is 32.8 Å². The van der Waals surface area contributed by atoms with Gasteiger partial charge < -0.3 is 9.67 Å². The van der Waals surface area contributed by atoms with Crippen LogP contribution in [0.25, 0.3) is 89.1 Å². The molecule has 0 aliphatic heterocycles. The number of aromatic nitrogens is 4. The van der Waals surface area contributed by atoms with Crippen molar-refractivity contribution in [2.24, 2.45) is 0 Å². The highest BCUT2D eigenvalue weighted by Crippen LogP contribution is 2.43. The van der Waals surface area contributed by atoms with Crippen molar-refractivity contribution in [3.05, 3.63) is 188 Å². The molecule has 1 N–H and O–H groups in total. The molecule has 10 aromatic rings. The molecule has 10 rings (SSSR count). The van der Waals surface area contributed by atoms with E-state index in [0.29, 0.717) is 11.4 Å². The molecule has 3 heterocycles. The number of para-hydroxylation sites is 4. The number of nitrogens with zero attached hydrogens (tertiary/aromatic N) is 4. The van der Waals surface area contributed by atoms with E-state index >= 15 is 0 Å². The van der Waals surface area contributed by atoms with Crippen molar-refractivity contribution in [2.75, 3.05) is 0 Å². The van der Waals surface area contributed by atoms with E-state index in [0.717, 1.165) is 77.7 Å². The van der Waals surface area contributed by atoms with Gasteiger partial charge in [0.25, 0.3) is 0 Å². The van der Waals surface area contributed by atoms with Gasteiger partial charge in [0, 0.05) is 45.4 Å². The Balaban J connectivity index is 1.27. The van der Waals surface area contributed by atoms with Gasteiger partial charge in [0.2, 0.25) is 0 Å². The number of imidazole rings is 1. The first-order valence-electron chi connectivity index (χ1n) is 17.7. The Morgan fingerprint density at radius 3 is 1.96 bits per heavy atom. The standard InChI is InChI=1S/C48H32N4O/c53-46-31-45-39(38-22-8-10-26-43(38)51(45)35-19-5-2-6-20-35)30-40(46)48-50-47-37(33-17-13-18-34(29-33)41-24-11-12-28-49-41)23-14-27-44(47)52(48)42-25-9-7-21-36(42)32-15-3-1-4-16-32/h1-31,53H. The van der Waals surface area contributed by atoms with Crippen LogP contribution < -0.4 is 0 Å². The minimum Gasteiger partial charge on any atom is -0.507 e. The zero-order valence-corrected chi connectivity index (χ0v) is 28.6. The normalized spacial score (nSPS) is 11.5. The molecule has 5 heteroatoms. The molecule has 0 aliphatic rings. The molecule has 0 saturated carbocycles. The number of phenolic OH excluding ortho intramolecular Hbond substituents is 1. The Hall–Kier alpha value is -7.24. The van der Waals surface area contributed by atoms with Crippen LogP contribution in [0.4, 0.5) is 0 Å². The Bertz CT molecular complexity index is 2950. The monoisotopic (exact) mass is 680 g/mol. The first kappa shape index (κ1) is 30.6. The lowest BCUT2D eigenvalue weighted by Gasteiger charge is -2.16. The maximum Gasteiger partial charge on any atom is 0.149 e. The average molecular weight is 681 g/mol. The van der Waals surface area contributed by atoms with Crippen LogP contribution in [0.2, 0.25) is 0 Å². The summed E-state index contributed by atoms with van der Waals surface area (Å²) in [6.07, 6.45) is 1.82. The lowest BCUT2D eigenvalue weighted by Crippen LogP contribution is -2.00. The highest BCUT2D eigenvalue weighted by Gasteiger charge is 2.24. The van der Waals surface area contributed by atoms with Crippen molar-refractivity contribution < 1.29 is 5.11 Å². The average Bonchev–Trinajstić information content (AvgIpc) is 3.77. The lowest BCUT2D eigenvalue weighted by molar-refractivity contribution is 0.477. The molecule has 0 saturated heterocycles. The second-order valence-corrected chi connectivity index (χ2v) is 13.2. The van der Waals surface area contributed by atoms with Gasteiger partial charge in [-0.25, -0.2) is 4.98 Å². The van der Waals surface area contributed by atoms with Gasteiger partial charge in [0.1, 0.15) is 11.6 Å². The van der Waals surface area contributed by atoms with Gasteiger partial charge in [-0.05, 0) is 65.7 Å². The third kappa shape index (κ3) is 5.09. The van der Waals surface area contributed by atoms with E-state index < -0.39 is 0 Å². The molecule has 3 aromatic heterocycles. The molecule has 0 fully saturated rings. The summed E-state index contributed by atoms with van der Waals surface area (Å²) in [4.78, 5) is 10.1. The van der Waals surface area contributed by atoms with Crippen LogP contribution in [-0.4, -0.2) is 24.2 Å². The van der Waals surface area contributed by atoms with Gasteiger partial charge in [-0.2, -0.15) is 0 Å². The van der Waals surface area contributed by atoms with Crippen molar-refractivity contribution in [1.29, 1.82) is 0 Å². The van der Waals surface area contributed by atoms with Gasteiger partial charge in [-0.3, -0.25) is 9.55 Å². The quantitative estimate of drug-likeness (QED) is 0.190. The van der Waals surface area contributed by atoms with Gasteiger partial charge >= 0.3 is 0 Å². The molecule has 0 amide bonds. The number of hydrogen-bond acceptors (Lipinski definition) is 3. The van der Waals surface area contributed by atoms with Gasteiger partial charge in [-0.15, -0.1) is 0 Å². The number of pyridine rings is 1. The van der Waals surface area contributed by atoms with E-state index in [9.17, 15) is 5.11 Å². The summed E-state index contributed by atoms with van der Waals surface area (Å²) in [6.45, 7) is 0. The number of phenols is 1. The summed E-state index contributed by atoms with van der Waals surface area (Å²) in [6, 6.07) is 62.3. The van der Waals surface area contributed by atoms with Crippen molar-refractivity contribution in [1.82, 2.24) is 19.1 Å². The van der Waals surface area contributed by atoms with Gasteiger partial charge in [0.05, 0.1) is 39.0 Å². The number of hydrogen-bond donors (Lipinski definition) is 1. The van der Waals surface area contributed by atoms with Crippen molar-refractivity contribution in [2.45, 2.75) is 0 Å². The van der Waals surface area contributed by atoms with Crippen LogP contribution in [0.1, 0.15) is 0 Å². The smallest absolute Gasteiger partial charge is 0.149 e. The Labute approximate surface area is 306 Å². The summed E-state index contributed by atoms with van der Waals surface area (Å²) >= 11 is 0. The Morgan fingerprint density at radius 2 is 1.11 bits per heavy atom. The fraction of sp³-hybridized carbons (Fsp3) is 0. The molecule has 250 valence electrons. The molecule has 53 heavy (non-hydrogen) atoms. The number of aromatic hydroxyl groups is 1. The van der Waals surface area contributed by atoms with Crippen LogP contribution in [0.15, 0.2) is 188 Å². The molecule has 0 radical (unpaired) electrons. The van der Waals surface area contributed by atoms with E-state index in [1.165, 1.54) is 0 Å². The zero-order chi connectivity index (χ0) is 35.3. The SMILES string of the molecule is Oc1cc2c(cc1-c1nc3c(-c4cccc(-c5ccccn5)c4)cccc3n1-c1ccccc1-c1ccccc1)c1ccccc1n2-c1ccccc1. The Kier molecular flexibility index (Phi) is 7.22. The highest BCUT2D eigenvalue weighted by molar-refractivity contribution is 6.11. The van der Waals surface area contributed by atoms with E-state index in [1.807, 2.05) is 54.7 Å². The minimum absolute atomic E-state index is 0.157. The van der Waals surface area contributed by atoms with Crippen molar-refractivity contribution in [3.8, 4) is 62.0 Å². The number of rotatable bonds is 6. The third-order valence-corrected chi connectivity index (χ3v) is 10.1. The molecule has 0 spiro atoms. The van der Waals surface area contributed by atoms with Crippen molar-refractivity contribution in [3.63, 3.8) is 0 Å². The fourth-order valence-corrected chi connectivity index (χ4v) is 7.71. The maximum absolute atomic E-state index is 12.1. The van der Waals surface area contributed by atoms with Crippen LogP contribution in [0, 0.1) is 0 Å². The maximum atomic E-state index is 12.1. The van der Waals surface area contributed by atoms with E-state index in [-0.39, 0.29) is 5.75 Å². The van der Waals surface area contributed by atoms with Crippen LogP contribution >= 0.6 is 0 Å². The molecule has 0 unspecified atom stereocenters. The Morgan fingerprint density at radius 1 is 0.434 bits per heavy atom. The molecule has 0 bridgehead atoms.